The van der Waals surface area contributed by atoms with Crippen LogP contribution in [0.25, 0.3) is 0 Å². The van der Waals surface area contributed by atoms with Crippen molar-refractivity contribution in [3.8, 4) is 0 Å². The van der Waals surface area contributed by atoms with E-state index in [0.717, 1.165) is 24.5 Å². The number of ether oxygens (including phenoxy) is 1. The van der Waals surface area contributed by atoms with Crippen LogP contribution in [0, 0.1) is 10.1 Å². The monoisotopic (exact) mass is 413 g/mol. The Kier molecular flexibility index (Phi) is 7.91. The van der Waals surface area contributed by atoms with Crippen LogP contribution in [0.5, 0.6) is 0 Å². The quantitative estimate of drug-likeness (QED) is 0.380. The van der Waals surface area contributed by atoms with E-state index < -0.39 is 22.9 Å². The predicted molar refractivity (Wildman–Crippen MR) is 115 cm³/mol. The van der Waals surface area contributed by atoms with E-state index in [1.807, 2.05) is 37.3 Å². The van der Waals surface area contributed by atoms with Gasteiger partial charge in [-0.3, -0.25) is 14.9 Å². The molecule has 0 aliphatic rings. The summed E-state index contributed by atoms with van der Waals surface area (Å²) in [4.78, 5) is 37.4. The van der Waals surface area contributed by atoms with Crippen molar-refractivity contribution in [1.29, 1.82) is 0 Å². The topological polar surface area (TPSA) is 102 Å². The highest BCUT2D eigenvalue weighted by atomic mass is 16.6. The molecule has 30 heavy (non-hydrogen) atoms. The molecule has 2 aromatic carbocycles. The van der Waals surface area contributed by atoms with Gasteiger partial charge in [-0.15, -0.1) is 0 Å². The Morgan fingerprint density at radius 2 is 1.83 bits per heavy atom. The molecule has 0 saturated heterocycles. The van der Waals surface area contributed by atoms with Gasteiger partial charge in [0.1, 0.15) is 5.69 Å². The number of nitrogens with one attached hydrogen (secondary N) is 1. The van der Waals surface area contributed by atoms with Crippen LogP contribution in [0.3, 0.4) is 0 Å². The number of esters is 1. The van der Waals surface area contributed by atoms with E-state index in [-0.39, 0.29) is 17.3 Å². The van der Waals surface area contributed by atoms with Gasteiger partial charge in [0, 0.05) is 20.2 Å². The molecule has 0 aromatic heterocycles. The van der Waals surface area contributed by atoms with Crippen LogP contribution >= 0.6 is 0 Å². The Morgan fingerprint density at radius 3 is 2.40 bits per heavy atom. The van der Waals surface area contributed by atoms with E-state index in [4.69, 9.17) is 4.74 Å². The summed E-state index contributed by atoms with van der Waals surface area (Å²) in [6.45, 7) is 3.50. The van der Waals surface area contributed by atoms with Crippen LogP contribution in [-0.4, -0.2) is 37.0 Å². The molecule has 1 N–H and O–H groups in total. The minimum atomic E-state index is -1.05. The van der Waals surface area contributed by atoms with Crippen LogP contribution in [0.2, 0.25) is 0 Å². The molecule has 2 atom stereocenters. The smallest absolute Gasteiger partial charge is 0.339 e. The molecule has 0 aliphatic carbocycles. The Labute approximate surface area is 176 Å². The fraction of sp³-hybridized carbons (Fsp3) is 0.364. The summed E-state index contributed by atoms with van der Waals surface area (Å²) in [6.07, 6.45) is 0.568. The predicted octanol–water partition coefficient (Wildman–Crippen LogP) is 3.86. The maximum atomic E-state index is 12.6. The highest BCUT2D eigenvalue weighted by Crippen LogP contribution is 2.28. The normalized spacial score (nSPS) is 12.5. The molecule has 160 valence electrons. The van der Waals surface area contributed by atoms with Gasteiger partial charge >= 0.3 is 5.97 Å². The zero-order chi connectivity index (χ0) is 22.3. The van der Waals surface area contributed by atoms with Crippen LogP contribution in [0.15, 0.2) is 48.5 Å². The van der Waals surface area contributed by atoms with E-state index in [0.29, 0.717) is 5.69 Å². The van der Waals surface area contributed by atoms with E-state index >= 15 is 0 Å². The second-order valence-corrected chi connectivity index (χ2v) is 7.16. The molecule has 8 nitrogen and oxygen atoms in total. The molecule has 2 aromatic rings. The Morgan fingerprint density at radius 1 is 1.17 bits per heavy atom. The van der Waals surface area contributed by atoms with Crippen LogP contribution in [-0.2, 0) is 9.53 Å². The number of carbonyl (C=O) groups is 2. The molecule has 8 heteroatoms. The van der Waals surface area contributed by atoms with Gasteiger partial charge < -0.3 is 15.0 Å². The molecule has 0 unspecified atom stereocenters. The molecule has 0 saturated carbocycles. The van der Waals surface area contributed by atoms with E-state index in [2.05, 4.69) is 5.32 Å². The van der Waals surface area contributed by atoms with Crippen molar-refractivity contribution in [2.24, 2.45) is 0 Å². The van der Waals surface area contributed by atoms with Gasteiger partial charge in [-0.05, 0) is 31.0 Å². The van der Waals surface area contributed by atoms with E-state index in [9.17, 15) is 19.7 Å². The summed E-state index contributed by atoms with van der Waals surface area (Å²) in [5, 5.41) is 14.2. The van der Waals surface area contributed by atoms with Crippen molar-refractivity contribution < 1.29 is 19.2 Å². The molecular weight excluding hydrogens is 386 g/mol. The Hall–Kier alpha value is -3.42. The minimum absolute atomic E-state index is 0.0140. The lowest BCUT2D eigenvalue weighted by molar-refractivity contribution is -0.384. The summed E-state index contributed by atoms with van der Waals surface area (Å²) in [7, 11) is 3.35. The molecule has 2 rings (SSSR count). The average Bonchev–Trinajstić information content (AvgIpc) is 2.73. The number of rotatable bonds is 9. The fourth-order valence-corrected chi connectivity index (χ4v) is 3.04. The van der Waals surface area contributed by atoms with E-state index in [1.54, 1.807) is 19.0 Å². The van der Waals surface area contributed by atoms with Crippen molar-refractivity contribution >= 4 is 23.3 Å². The number of anilines is 1. The highest BCUT2D eigenvalue weighted by Gasteiger charge is 2.24. The number of nitro groups is 1. The molecule has 0 fully saturated rings. The minimum Gasteiger partial charge on any atom is -0.449 e. The number of nitrogens with zero attached hydrogens (tertiary/aromatic N) is 2. The van der Waals surface area contributed by atoms with Crippen molar-refractivity contribution in [1.82, 2.24) is 5.32 Å². The SMILES string of the molecule is CCC[C@@H](NC(=O)[C@H](C)OC(=O)c1ccc(N(C)C)c([N+](=O)[O-])c1)c1ccccc1. The van der Waals surface area contributed by atoms with Gasteiger partial charge in [-0.1, -0.05) is 43.7 Å². The number of carbonyl (C=O) groups excluding carboxylic acids is 2. The van der Waals surface area contributed by atoms with Gasteiger partial charge in [0.25, 0.3) is 11.6 Å². The standard InChI is InChI=1S/C22H27N3O5/c1-5-9-18(16-10-7-6-8-11-16)23-21(26)15(2)30-22(27)17-12-13-19(24(3)4)20(14-17)25(28)29/h6-8,10-15,18H,5,9H2,1-4H3,(H,23,26)/t15-,18+/m0/s1. The Bertz CT molecular complexity index is 899. The molecule has 0 radical (unpaired) electrons. The average molecular weight is 413 g/mol. The lowest BCUT2D eigenvalue weighted by Crippen LogP contribution is -2.38. The number of nitro benzene ring substituents is 1. The summed E-state index contributed by atoms with van der Waals surface area (Å²) >= 11 is 0. The largest absolute Gasteiger partial charge is 0.449 e. The fourth-order valence-electron chi connectivity index (χ4n) is 3.04. The third-order valence-corrected chi connectivity index (χ3v) is 4.64. The zero-order valence-electron chi connectivity index (χ0n) is 17.6. The molecule has 0 spiro atoms. The summed E-state index contributed by atoms with van der Waals surface area (Å²) in [5.74, 6) is -1.22. The van der Waals surface area contributed by atoms with Gasteiger partial charge in [-0.2, -0.15) is 0 Å². The number of benzene rings is 2. The maximum absolute atomic E-state index is 12.6. The third kappa shape index (κ3) is 5.79. The van der Waals surface area contributed by atoms with Crippen molar-refractivity contribution in [3.63, 3.8) is 0 Å². The van der Waals surface area contributed by atoms with Gasteiger partial charge in [-0.25, -0.2) is 4.79 Å². The first-order chi connectivity index (χ1) is 14.2. The van der Waals surface area contributed by atoms with Crippen LogP contribution < -0.4 is 10.2 Å². The zero-order valence-corrected chi connectivity index (χ0v) is 17.6. The third-order valence-electron chi connectivity index (χ3n) is 4.64. The van der Waals surface area contributed by atoms with Gasteiger partial charge in [0.15, 0.2) is 6.10 Å². The number of hydrogen-bond donors (Lipinski definition) is 1. The first-order valence-corrected chi connectivity index (χ1v) is 9.76. The summed E-state index contributed by atoms with van der Waals surface area (Å²) in [5.41, 5.74) is 1.15. The van der Waals surface area contributed by atoms with E-state index in [1.165, 1.54) is 19.1 Å². The Balaban J connectivity index is 2.10. The first-order valence-electron chi connectivity index (χ1n) is 9.76. The molecular formula is C22H27N3O5. The van der Waals surface area contributed by atoms with Crippen LogP contribution in [0.4, 0.5) is 11.4 Å². The first kappa shape index (κ1) is 22.9. The summed E-state index contributed by atoms with van der Waals surface area (Å²) in [6, 6.07) is 13.5. The van der Waals surface area contributed by atoms with Gasteiger partial charge in [0.2, 0.25) is 0 Å². The lowest BCUT2D eigenvalue weighted by atomic mass is 10.0. The van der Waals surface area contributed by atoms with Gasteiger partial charge in [0.05, 0.1) is 16.5 Å². The number of hydrogen-bond acceptors (Lipinski definition) is 6. The summed E-state index contributed by atoms with van der Waals surface area (Å²) < 4.78 is 5.26. The van der Waals surface area contributed by atoms with Crippen molar-refractivity contribution in [3.05, 3.63) is 69.8 Å². The number of amides is 1. The second-order valence-electron chi connectivity index (χ2n) is 7.16. The molecule has 0 aliphatic heterocycles. The highest BCUT2D eigenvalue weighted by molar-refractivity contribution is 5.93. The van der Waals surface area contributed by atoms with Crippen molar-refractivity contribution in [2.75, 3.05) is 19.0 Å². The lowest BCUT2D eigenvalue weighted by Gasteiger charge is -2.21. The molecule has 0 bridgehead atoms. The maximum Gasteiger partial charge on any atom is 0.339 e. The van der Waals surface area contributed by atoms with Crippen molar-refractivity contribution in [2.45, 2.75) is 38.8 Å². The second kappa shape index (κ2) is 10.4. The molecule has 1 amide bonds. The van der Waals surface area contributed by atoms with Crippen LogP contribution in [0.1, 0.15) is 48.7 Å². The molecule has 0 heterocycles.